The summed E-state index contributed by atoms with van der Waals surface area (Å²) in [5.41, 5.74) is 2.07. The minimum Gasteiger partial charge on any atom is -0.497 e. The van der Waals surface area contributed by atoms with Crippen LogP contribution in [0.4, 0.5) is 5.69 Å². The number of ether oxygens (including phenoxy) is 2. The van der Waals surface area contributed by atoms with E-state index in [-0.39, 0.29) is 5.41 Å². The van der Waals surface area contributed by atoms with Crippen molar-refractivity contribution in [1.29, 1.82) is 0 Å². The Hall–Kier alpha value is -1.97. The highest BCUT2D eigenvalue weighted by atomic mass is 16.5. The monoisotopic (exact) mass is 274 g/mol. The number of allylic oxidation sites excluding steroid dienone is 1. The van der Waals surface area contributed by atoms with Gasteiger partial charge in [0, 0.05) is 22.9 Å². The molecule has 108 valence electrons. The summed E-state index contributed by atoms with van der Waals surface area (Å²) < 4.78 is 10.6. The molecule has 1 N–H and O–H groups in total. The Balaban J connectivity index is 2.19. The lowest BCUT2D eigenvalue weighted by atomic mass is 9.91. The Morgan fingerprint density at radius 1 is 1.30 bits per heavy atom. The third kappa shape index (κ3) is 3.76. The van der Waals surface area contributed by atoms with Crippen LogP contribution in [0.1, 0.15) is 20.8 Å². The van der Waals surface area contributed by atoms with Crippen LogP contribution in [0.5, 0.6) is 5.75 Å². The average Bonchev–Trinajstić information content (AvgIpc) is 2.91. The molecule has 1 aliphatic rings. The van der Waals surface area contributed by atoms with Crippen molar-refractivity contribution in [3.63, 3.8) is 0 Å². The van der Waals surface area contributed by atoms with Crippen molar-refractivity contribution in [2.75, 3.05) is 25.6 Å². The zero-order valence-electron chi connectivity index (χ0n) is 12.6. The number of nitrogens with one attached hydrogen (secondary N) is 1. The second kappa shape index (κ2) is 5.99. The van der Waals surface area contributed by atoms with E-state index >= 15 is 0 Å². The normalized spacial score (nSPS) is 15.6. The highest BCUT2D eigenvalue weighted by molar-refractivity contribution is 5.90. The number of hydrogen-bond acceptors (Lipinski definition) is 4. The standard InChI is InChI=1S/C16H22N2O2/c1-16(2,3)14(11-15-17-9-10-20-15)18-12-5-7-13(19-4)8-6-12/h5-8,11,18H,9-10H2,1-4H3/b14-11+. The minimum atomic E-state index is -0.0194. The molecule has 4 heteroatoms. The molecular weight excluding hydrogens is 252 g/mol. The molecule has 0 aromatic heterocycles. The minimum absolute atomic E-state index is 0.0194. The summed E-state index contributed by atoms with van der Waals surface area (Å²) in [6.45, 7) is 7.89. The van der Waals surface area contributed by atoms with E-state index in [1.807, 2.05) is 30.3 Å². The summed E-state index contributed by atoms with van der Waals surface area (Å²) in [5, 5.41) is 3.44. The number of rotatable bonds is 4. The van der Waals surface area contributed by atoms with Crippen LogP contribution < -0.4 is 10.1 Å². The Kier molecular flexibility index (Phi) is 4.32. The molecule has 1 heterocycles. The van der Waals surface area contributed by atoms with Crippen LogP contribution in [-0.2, 0) is 4.74 Å². The average molecular weight is 274 g/mol. The zero-order valence-corrected chi connectivity index (χ0v) is 12.6. The maximum absolute atomic E-state index is 5.47. The van der Waals surface area contributed by atoms with Crippen molar-refractivity contribution in [2.24, 2.45) is 10.4 Å². The Labute approximate surface area is 120 Å². The molecule has 1 aromatic carbocycles. The smallest absolute Gasteiger partial charge is 0.210 e. The first-order valence-electron chi connectivity index (χ1n) is 6.79. The fraction of sp³-hybridized carbons (Fsp3) is 0.438. The van der Waals surface area contributed by atoms with Gasteiger partial charge in [0.25, 0.3) is 0 Å². The van der Waals surface area contributed by atoms with Crippen molar-refractivity contribution in [3.05, 3.63) is 36.0 Å². The lowest BCUT2D eigenvalue weighted by Crippen LogP contribution is -2.18. The van der Waals surface area contributed by atoms with Crippen molar-refractivity contribution in [2.45, 2.75) is 20.8 Å². The summed E-state index contributed by atoms with van der Waals surface area (Å²) in [5.74, 6) is 1.55. The molecule has 0 saturated carbocycles. The van der Waals surface area contributed by atoms with Gasteiger partial charge < -0.3 is 14.8 Å². The number of benzene rings is 1. The van der Waals surface area contributed by atoms with Crippen LogP contribution in [0.2, 0.25) is 0 Å². The number of aliphatic imine (C=N–C) groups is 1. The van der Waals surface area contributed by atoms with E-state index in [1.165, 1.54) is 0 Å². The van der Waals surface area contributed by atoms with Gasteiger partial charge in [-0.25, -0.2) is 4.99 Å². The molecule has 0 saturated heterocycles. The molecule has 0 atom stereocenters. The summed E-state index contributed by atoms with van der Waals surface area (Å²) in [6, 6.07) is 7.86. The van der Waals surface area contributed by atoms with E-state index < -0.39 is 0 Å². The SMILES string of the molecule is COc1ccc(N/C(=C/C2=NCCO2)C(C)(C)C)cc1. The highest BCUT2D eigenvalue weighted by Crippen LogP contribution is 2.28. The van der Waals surface area contributed by atoms with Crippen LogP contribution in [0, 0.1) is 5.41 Å². The summed E-state index contributed by atoms with van der Waals surface area (Å²) in [4.78, 5) is 4.32. The number of hydrogen-bond donors (Lipinski definition) is 1. The van der Waals surface area contributed by atoms with Crippen molar-refractivity contribution >= 4 is 11.6 Å². The van der Waals surface area contributed by atoms with Gasteiger partial charge in [-0.05, 0) is 24.3 Å². The molecular formula is C16H22N2O2. The Morgan fingerprint density at radius 3 is 2.50 bits per heavy atom. The summed E-state index contributed by atoms with van der Waals surface area (Å²) in [6.07, 6.45) is 1.98. The van der Waals surface area contributed by atoms with Crippen LogP contribution >= 0.6 is 0 Å². The second-order valence-corrected chi connectivity index (χ2v) is 5.73. The van der Waals surface area contributed by atoms with Crippen LogP contribution in [-0.4, -0.2) is 26.2 Å². The first-order chi connectivity index (χ1) is 9.49. The van der Waals surface area contributed by atoms with Crippen LogP contribution in [0.25, 0.3) is 0 Å². The molecule has 0 amide bonds. The van der Waals surface area contributed by atoms with Gasteiger partial charge in [-0.3, -0.25) is 0 Å². The predicted octanol–water partition coefficient (Wildman–Crippen LogP) is 3.47. The fourth-order valence-electron chi connectivity index (χ4n) is 1.83. The Morgan fingerprint density at radius 2 is 2.00 bits per heavy atom. The number of nitrogens with zero attached hydrogens (tertiary/aromatic N) is 1. The molecule has 2 rings (SSSR count). The summed E-state index contributed by atoms with van der Waals surface area (Å²) in [7, 11) is 1.67. The largest absolute Gasteiger partial charge is 0.497 e. The van der Waals surface area contributed by atoms with E-state index in [0.717, 1.165) is 23.7 Å². The van der Waals surface area contributed by atoms with Crippen LogP contribution in [0.15, 0.2) is 41.0 Å². The summed E-state index contributed by atoms with van der Waals surface area (Å²) >= 11 is 0. The van der Waals surface area contributed by atoms with Crippen molar-refractivity contribution < 1.29 is 9.47 Å². The van der Waals surface area contributed by atoms with Gasteiger partial charge in [0.1, 0.15) is 12.4 Å². The van der Waals surface area contributed by atoms with Crippen LogP contribution in [0.3, 0.4) is 0 Å². The number of anilines is 1. The van der Waals surface area contributed by atoms with E-state index in [2.05, 4.69) is 31.1 Å². The molecule has 0 unspecified atom stereocenters. The van der Waals surface area contributed by atoms with E-state index in [1.54, 1.807) is 7.11 Å². The maximum atomic E-state index is 5.47. The maximum Gasteiger partial charge on any atom is 0.210 e. The first-order valence-corrected chi connectivity index (χ1v) is 6.79. The molecule has 20 heavy (non-hydrogen) atoms. The topological polar surface area (TPSA) is 42.8 Å². The van der Waals surface area contributed by atoms with Crippen molar-refractivity contribution in [1.82, 2.24) is 0 Å². The van der Waals surface area contributed by atoms with Gasteiger partial charge in [0.15, 0.2) is 0 Å². The second-order valence-electron chi connectivity index (χ2n) is 5.73. The zero-order chi connectivity index (χ0) is 14.6. The molecule has 1 aromatic rings. The molecule has 0 aliphatic carbocycles. The van der Waals surface area contributed by atoms with Gasteiger partial charge in [0.05, 0.1) is 13.7 Å². The van der Waals surface area contributed by atoms with Gasteiger partial charge in [-0.2, -0.15) is 0 Å². The predicted molar refractivity (Wildman–Crippen MR) is 82.4 cm³/mol. The molecule has 0 radical (unpaired) electrons. The quantitative estimate of drug-likeness (QED) is 0.914. The van der Waals surface area contributed by atoms with Gasteiger partial charge in [-0.1, -0.05) is 20.8 Å². The fourth-order valence-corrected chi connectivity index (χ4v) is 1.83. The van der Waals surface area contributed by atoms with E-state index in [0.29, 0.717) is 12.5 Å². The molecule has 0 spiro atoms. The molecule has 4 nitrogen and oxygen atoms in total. The lowest BCUT2D eigenvalue weighted by Gasteiger charge is -2.24. The van der Waals surface area contributed by atoms with E-state index in [4.69, 9.17) is 9.47 Å². The third-order valence-electron chi connectivity index (χ3n) is 3.05. The molecule has 0 fully saturated rings. The van der Waals surface area contributed by atoms with Crippen molar-refractivity contribution in [3.8, 4) is 5.75 Å². The lowest BCUT2D eigenvalue weighted by molar-refractivity contribution is 0.349. The number of methoxy groups -OCH3 is 1. The van der Waals surface area contributed by atoms with Gasteiger partial charge in [-0.15, -0.1) is 0 Å². The Bertz CT molecular complexity index is 510. The first kappa shape index (κ1) is 14.4. The third-order valence-corrected chi connectivity index (χ3v) is 3.05. The molecule has 1 aliphatic heterocycles. The van der Waals surface area contributed by atoms with E-state index in [9.17, 15) is 0 Å². The van der Waals surface area contributed by atoms with Gasteiger partial charge >= 0.3 is 0 Å². The highest BCUT2D eigenvalue weighted by Gasteiger charge is 2.19. The van der Waals surface area contributed by atoms with Gasteiger partial charge in [0.2, 0.25) is 5.90 Å². The molecule has 0 bridgehead atoms.